The molecule has 0 aliphatic rings. The van der Waals surface area contributed by atoms with Crippen LogP contribution in [0.1, 0.15) is 65.1 Å². The summed E-state index contributed by atoms with van der Waals surface area (Å²) < 4.78 is 0. The van der Waals surface area contributed by atoms with Crippen LogP contribution in [0.15, 0.2) is 24.4 Å². The SMILES string of the molecule is C/C=C(\C)c1cc(CC(C)(C)CCCC)ccn1. The fourth-order valence-corrected chi connectivity index (χ4v) is 2.24. The predicted octanol–water partition coefficient (Wildman–Crippen LogP) is 5.26. The zero-order valence-electron chi connectivity index (χ0n) is 12.6. The Morgan fingerprint density at radius 2 is 2.11 bits per heavy atom. The fraction of sp³-hybridized carbons (Fsp3) is 0.588. The molecule has 0 saturated heterocycles. The Labute approximate surface area is 112 Å². The zero-order valence-corrected chi connectivity index (χ0v) is 12.6. The Hall–Kier alpha value is -1.11. The van der Waals surface area contributed by atoms with Gasteiger partial charge < -0.3 is 0 Å². The minimum Gasteiger partial charge on any atom is -0.257 e. The summed E-state index contributed by atoms with van der Waals surface area (Å²) in [6.07, 6.45) is 9.09. The second kappa shape index (κ2) is 6.72. The van der Waals surface area contributed by atoms with Crippen molar-refractivity contribution >= 4 is 5.57 Å². The molecule has 0 saturated carbocycles. The van der Waals surface area contributed by atoms with Gasteiger partial charge in [0, 0.05) is 6.20 Å². The molecule has 1 nitrogen and oxygen atoms in total. The van der Waals surface area contributed by atoms with Crippen molar-refractivity contribution in [1.82, 2.24) is 4.98 Å². The number of aromatic nitrogens is 1. The van der Waals surface area contributed by atoms with Gasteiger partial charge in [-0.1, -0.05) is 39.7 Å². The third-order valence-corrected chi connectivity index (χ3v) is 3.55. The third-order valence-electron chi connectivity index (χ3n) is 3.55. The van der Waals surface area contributed by atoms with Gasteiger partial charge in [-0.2, -0.15) is 0 Å². The Morgan fingerprint density at radius 3 is 2.72 bits per heavy atom. The van der Waals surface area contributed by atoms with Gasteiger partial charge in [0.2, 0.25) is 0 Å². The van der Waals surface area contributed by atoms with E-state index in [1.54, 1.807) is 0 Å². The maximum atomic E-state index is 4.43. The summed E-state index contributed by atoms with van der Waals surface area (Å²) in [6, 6.07) is 4.39. The Kier molecular flexibility index (Phi) is 5.58. The highest BCUT2D eigenvalue weighted by Gasteiger charge is 2.18. The van der Waals surface area contributed by atoms with E-state index in [1.165, 1.54) is 30.4 Å². The summed E-state index contributed by atoms with van der Waals surface area (Å²) in [5.74, 6) is 0. The van der Waals surface area contributed by atoms with Crippen LogP contribution in [0.5, 0.6) is 0 Å². The van der Waals surface area contributed by atoms with Crippen molar-refractivity contribution < 1.29 is 0 Å². The highest BCUT2D eigenvalue weighted by Crippen LogP contribution is 2.28. The summed E-state index contributed by atoms with van der Waals surface area (Å²) in [5.41, 5.74) is 4.16. The van der Waals surface area contributed by atoms with Gasteiger partial charge in [0.25, 0.3) is 0 Å². The first kappa shape index (κ1) is 14.9. The lowest BCUT2D eigenvalue weighted by atomic mass is 9.81. The zero-order chi connectivity index (χ0) is 13.6. The molecular weight excluding hydrogens is 218 g/mol. The molecular formula is C17H27N. The van der Waals surface area contributed by atoms with E-state index in [0.717, 1.165) is 12.1 Å². The molecule has 0 bridgehead atoms. The quantitative estimate of drug-likeness (QED) is 0.666. The molecule has 1 heterocycles. The van der Waals surface area contributed by atoms with Gasteiger partial charge in [-0.15, -0.1) is 0 Å². The average molecular weight is 245 g/mol. The molecule has 1 aromatic heterocycles. The summed E-state index contributed by atoms with van der Waals surface area (Å²) in [4.78, 5) is 4.43. The van der Waals surface area contributed by atoms with Crippen LogP contribution in [0, 0.1) is 5.41 Å². The average Bonchev–Trinajstić information content (AvgIpc) is 2.35. The molecule has 1 heteroatoms. The van der Waals surface area contributed by atoms with Gasteiger partial charge in [0.1, 0.15) is 0 Å². The summed E-state index contributed by atoms with van der Waals surface area (Å²) >= 11 is 0. The molecule has 0 unspecified atom stereocenters. The summed E-state index contributed by atoms with van der Waals surface area (Å²) in [5, 5.41) is 0. The van der Waals surface area contributed by atoms with Crippen molar-refractivity contribution in [2.24, 2.45) is 5.41 Å². The topological polar surface area (TPSA) is 12.9 Å². The van der Waals surface area contributed by atoms with Crippen LogP contribution in [0.25, 0.3) is 5.57 Å². The number of allylic oxidation sites excluding steroid dienone is 2. The van der Waals surface area contributed by atoms with Gasteiger partial charge >= 0.3 is 0 Å². The smallest absolute Gasteiger partial charge is 0.0658 e. The molecule has 0 radical (unpaired) electrons. The molecule has 0 N–H and O–H groups in total. The molecule has 0 aliphatic carbocycles. The largest absolute Gasteiger partial charge is 0.257 e. The van der Waals surface area contributed by atoms with Gasteiger partial charge in [0.15, 0.2) is 0 Å². The van der Waals surface area contributed by atoms with Crippen molar-refractivity contribution in [3.63, 3.8) is 0 Å². The maximum absolute atomic E-state index is 4.43. The van der Waals surface area contributed by atoms with Crippen LogP contribution >= 0.6 is 0 Å². The van der Waals surface area contributed by atoms with Crippen molar-refractivity contribution in [2.45, 2.75) is 60.3 Å². The monoisotopic (exact) mass is 245 g/mol. The van der Waals surface area contributed by atoms with E-state index in [2.05, 4.69) is 57.8 Å². The molecule has 0 aliphatic heterocycles. The number of pyridine rings is 1. The van der Waals surface area contributed by atoms with Crippen LogP contribution in [-0.4, -0.2) is 4.98 Å². The summed E-state index contributed by atoms with van der Waals surface area (Å²) in [6.45, 7) is 11.2. The van der Waals surface area contributed by atoms with E-state index in [0.29, 0.717) is 5.41 Å². The molecule has 100 valence electrons. The standard InChI is InChI=1S/C17H27N/c1-6-8-10-17(4,5)13-15-9-11-18-16(12-15)14(3)7-2/h7,9,11-12H,6,8,10,13H2,1-5H3/b14-7+. The molecule has 0 amide bonds. The number of rotatable bonds is 6. The molecule has 0 aromatic carbocycles. The van der Waals surface area contributed by atoms with Crippen molar-refractivity contribution in [3.8, 4) is 0 Å². The van der Waals surface area contributed by atoms with E-state index in [1.807, 2.05) is 6.20 Å². The lowest BCUT2D eigenvalue weighted by molar-refractivity contribution is 0.321. The van der Waals surface area contributed by atoms with Crippen LogP contribution in [0.2, 0.25) is 0 Å². The van der Waals surface area contributed by atoms with Crippen LogP contribution < -0.4 is 0 Å². The normalized spacial score (nSPS) is 12.8. The highest BCUT2D eigenvalue weighted by molar-refractivity contribution is 5.60. The fourth-order valence-electron chi connectivity index (χ4n) is 2.24. The lowest BCUT2D eigenvalue weighted by Crippen LogP contribution is -2.15. The van der Waals surface area contributed by atoms with Crippen molar-refractivity contribution in [3.05, 3.63) is 35.7 Å². The molecule has 1 rings (SSSR count). The Morgan fingerprint density at radius 1 is 1.39 bits per heavy atom. The van der Waals surface area contributed by atoms with Gasteiger partial charge in [-0.05, 0) is 55.4 Å². The predicted molar refractivity (Wildman–Crippen MR) is 80.6 cm³/mol. The molecule has 18 heavy (non-hydrogen) atoms. The van der Waals surface area contributed by atoms with Crippen LogP contribution in [-0.2, 0) is 6.42 Å². The van der Waals surface area contributed by atoms with Gasteiger partial charge in [0.05, 0.1) is 5.69 Å². The van der Waals surface area contributed by atoms with Crippen LogP contribution in [0.3, 0.4) is 0 Å². The molecule has 0 atom stereocenters. The number of unbranched alkanes of at least 4 members (excludes halogenated alkanes) is 1. The molecule has 1 aromatic rings. The van der Waals surface area contributed by atoms with E-state index in [-0.39, 0.29) is 0 Å². The number of hydrogen-bond acceptors (Lipinski definition) is 1. The van der Waals surface area contributed by atoms with E-state index >= 15 is 0 Å². The maximum Gasteiger partial charge on any atom is 0.0658 e. The Bertz CT molecular complexity index is 402. The van der Waals surface area contributed by atoms with Crippen molar-refractivity contribution in [2.75, 3.05) is 0 Å². The third kappa shape index (κ3) is 4.64. The first-order valence-corrected chi connectivity index (χ1v) is 7.06. The Balaban J connectivity index is 2.78. The summed E-state index contributed by atoms with van der Waals surface area (Å²) in [7, 11) is 0. The minimum absolute atomic E-state index is 0.387. The van der Waals surface area contributed by atoms with E-state index in [4.69, 9.17) is 0 Å². The van der Waals surface area contributed by atoms with E-state index in [9.17, 15) is 0 Å². The van der Waals surface area contributed by atoms with E-state index < -0.39 is 0 Å². The van der Waals surface area contributed by atoms with Gasteiger partial charge in [-0.25, -0.2) is 0 Å². The van der Waals surface area contributed by atoms with Crippen molar-refractivity contribution in [1.29, 1.82) is 0 Å². The first-order valence-electron chi connectivity index (χ1n) is 7.06. The highest BCUT2D eigenvalue weighted by atomic mass is 14.7. The minimum atomic E-state index is 0.387. The second-order valence-electron chi connectivity index (χ2n) is 5.97. The van der Waals surface area contributed by atoms with Crippen LogP contribution in [0.4, 0.5) is 0 Å². The number of nitrogens with zero attached hydrogens (tertiary/aromatic N) is 1. The lowest BCUT2D eigenvalue weighted by Gasteiger charge is -2.24. The van der Waals surface area contributed by atoms with Gasteiger partial charge in [-0.3, -0.25) is 4.98 Å². The first-order chi connectivity index (χ1) is 8.48. The molecule has 0 spiro atoms. The number of hydrogen-bond donors (Lipinski definition) is 0. The molecule has 0 fully saturated rings. The second-order valence-corrected chi connectivity index (χ2v) is 5.97.